The number of nitrogens with one attached hydrogen (secondary N) is 2. The van der Waals surface area contributed by atoms with Gasteiger partial charge in [0.25, 0.3) is 0 Å². The molecule has 3 atom stereocenters. The Labute approximate surface area is 198 Å². The van der Waals surface area contributed by atoms with E-state index in [9.17, 15) is 32.7 Å². The lowest BCUT2D eigenvalue weighted by Gasteiger charge is -2.19. The number of anilines is 1. The van der Waals surface area contributed by atoms with Crippen LogP contribution in [0.25, 0.3) is 0 Å². The highest BCUT2D eigenvalue weighted by Crippen LogP contribution is 2.33. The summed E-state index contributed by atoms with van der Waals surface area (Å²) in [5.41, 5.74) is -1.74. The maximum Gasteiger partial charge on any atom is 0.416 e. The molecule has 1 aromatic rings. The summed E-state index contributed by atoms with van der Waals surface area (Å²) in [5, 5.41) is 14.3. The Hall–Kier alpha value is -3.25. The zero-order valence-electron chi connectivity index (χ0n) is 17.9. The third-order valence-corrected chi connectivity index (χ3v) is 5.23. The van der Waals surface area contributed by atoms with Crippen molar-refractivity contribution in [1.82, 2.24) is 5.32 Å². The number of amides is 1. The molecule has 1 aliphatic heterocycles. The Balaban J connectivity index is 2.21. The van der Waals surface area contributed by atoms with Crippen molar-refractivity contribution in [2.45, 2.75) is 18.6 Å². The van der Waals surface area contributed by atoms with Crippen molar-refractivity contribution in [1.29, 1.82) is 0 Å². The number of thiocarbonyl (C=S) groups is 1. The Morgan fingerprint density at radius 3 is 2.47 bits per heavy atom. The molecule has 0 aliphatic carbocycles. The van der Waals surface area contributed by atoms with Gasteiger partial charge in [0.2, 0.25) is 5.91 Å². The second-order valence-electron chi connectivity index (χ2n) is 7.33. The van der Waals surface area contributed by atoms with Crippen LogP contribution in [-0.2, 0) is 25.2 Å². The summed E-state index contributed by atoms with van der Waals surface area (Å²) in [5.74, 6) is -4.27. The van der Waals surface area contributed by atoms with Crippen LogP contribution in [0.1, 0.15) is 22.3 Å². The van der Waals surface area contributed by atoms with E-state index in [2.05, 4.69) is 23.8 Å². The van der Waals surface area contributed by atoms with E-state index in [0.29, 0.717) is 12.1 Å². The molecule has 1 aromatic carbocycles. The third-order valence-electron chi connectivity index (χ3n) is 4.97. The number of hydrogen-bond acceptors (Lipinski definition) is 7. The number of carbonyl (C=O) groups excluding carboxylic acids is 3. The fraction of sp³-hybridized carbons (Fsp3) is 0.364. The molecule has 1 fully saturated rings. The maximum absolute atomic E-state index is 13.2. The predicted octanol–water partition coefficient (Wildman–Crippen LogP) is 3.20. The standard InChI is InChI=1S/C22H23F3N2O6S/c1-3-7-32-19(29)14-6-5-13(22(23,24)25)10-15(14)27-18(28)16-9-12(11-26-16)17(21(31)34)20(30)33-8-4-2/h3-6,10,12,16-17,26H,1-2,7-9,11H2,(H,27,28)(H,31,34). The van der Waals surface area contributed by atoms with E-state index in [4.69, 9.17) is 21.7 Å². The normalized spacial score (nSPS) is 18.4. The molecular formula is C22H23F3N2O6S. The van der Waals surface area contributed by atoms with Crippen molar-refractivity contribution < 1.29 is 42.1 Å². The topological polar surface area (TPSA) is 114 Å². The molecule has 0 aromatic heterocycles. The molecule has 8 nitrogen and oxygen atoms in total. The van der Waals surface area contributed by atoms with Crippen LogP contribution < -0.4 is 10.6 Å². The predicted molar refractivity (Wildman–Crippen MR) is 120 cm³/mol. The van der Waals surface area contributed by atoms with Gasteiger partial charge >= 0.3 is 18.1 Å². The number of hydrogen-bond donors (Lipinski definition) is 3. The van der Waals surface area contributed by atoms with Gasteiger partial charge in [-0.25, -0.2) is 4.79 Å². The van der Waals surface area contributed by atoms with Gasteiger partial charge in [-0.2, -0.15) is 13.2 Å². The van der Waals surface area contributed by atoms with Crippen LogP contribution in [0.15, 0.2) is 43.5 Å². The van der Waals surface area contributed by atoms with Gasteiger partial charge in [0.15, 0.2) is 5.05 Å². The average molecular weight is 500 g/mol. The molecule has 0 spiro atoms. The van der Waals surface area contributed by atoms with E-state index >= 15 is 0 Å². The molecule has 0 radical (unpaired) electrons. The molecular weight excluding hydrogens is 477 g/mol. The van der Waals surface area contributed by atoms with E-state index in [-0.39, 0.29) is 31.7 Å². The minimum atomic E-state index is -4.71. The Morgan fingerprint density at radius 1 is 1.24 bits per heavy atom. The van der Waals surface area contributed by atoms with Crippen LogP contribution in [0.4, 0.5) is 18.9 Å². The van der Waals surface area contributed by atoms with Gasteiger partial charge in [0, 0.05) is 6.54 Å². The molecule has 2 rings (SSSR count). The lowest BCUT2D eigenvalue weighted by atomic mass is 9.90. The van der Waals surface area contributed by atoms with E-state index in [0.717, 1.165) is 6.07 Å². The highest BCUT2D eigenvalue weighted by Gasteiger charge is 2.41. The molecule has 34 heavy (non-hydrogen) atoms. The summed E-state index contributed by atoms with van der Waals surface area (Å²) < 4.78 is 49.4. The number of esters is 2. The number of carbonyl (C=O) groups is 3. The molecule has 3 N–H and O–H groups in total. The van der Waals surface area contributed by atoms with Gasteiger partial charge < -0.3 is 25.2 Å². The summed E-state index contributed by atoms with van der Waals surface area (Å²) in [6.45, 7) is 6.64. The second kappa shape index (κ2) is 11.7. The van der Waals surface area contributed by atoms with Gasteiger partial charge in [-0.1, -0.05) is 25.3 Å². The van der Waals surface area contributed by atoms with Crippen molar-refractivity contribution in [3.8, 4) is 0 Å². The first-order valence-corrected chi connectivity index (χ1v) is 10.4. The van der Waals surface area contributed by atoms with Crippen LogP contribution in [0.5, 0.6) is 0 Å². The Kier molecular flexibility index (Phi) is 9.33. The smallest absolute Gasteiger partial charge is 0.416 e. The maximum atomic E-state index is 13.2. The van der Waals surface area contributed by atoms with Crippen molar-refractivity contribution >= 4 is 40.8 Å². The summed E-state index contributed by atoms with van der Waals surface area (Å²) >= 11 is 4.75. The SMILES string of the molecule is C=CCOC(=O)c1ccc(C(F)(F)F)cc1NC(=O)C1CC(C(C(=O)OCC=C)C(O)=S)CN1. The number of rotatable bonds is 10. The quantitative estimate of drug-likeness (QED) is 0.255. The van der Waals surface area contributed by atoms with Gasteiger partial charge in [-0.05, 0) is 42.8 Å². The van der Waals surface area contributed by atoms with Crippen LogP contribution in [0, 0.1) is 11.8 Å². The first-order chi connectivity index (χ1) is 16.0. The number of aliphatic hydroxyl groups excluding tert-OH is 1. The van der Waals surface area contributed by atoms with Crippen molar-refractivity contribution in [2.24, 2.45) is 11.8 Å². The molecule has 184 valence electrons. The molecule has 3 unspecified atom stereocenters. The van der Waals surface area contributed by atoms with Crippen LogP contribution in [0.2, 0.25) is 0 Å². The number of halogens is 3. The summed E-state index contributed by atoms with van der Waals surface area (Å²) in [6, 6.07) is 1.30. The van der Waals surface area contributed by atoms with Gasteiger partial charge in [0.05, 0.1) is 22.9 Å². The fourth-order valence-corrected chi connectivity index (χ4v) is 3.67. The fourth-order valence-electron chi connectivity index (χ4n) is 3.38. The van der Waals surface area contributed by atoms with E-state index in [1.165, 1.54) is 12.2 Å². The van der Waals surface area contributed by atoms with E-state index in [1.54, 1.807) is 0 Å². The molecule has 1 aliphatic rings. The van der Waals surface area contributed by atoms with E-state index < -0.39 is 58.2 Å². The molecule has 1 amide bonds. The third kappa shape index (κ3) is 6.87. The van der Waals surface area contributed by atoms with Crippen molar-refractivity contribution in [3.63, 3.8) is 0 Å². The zero-order valence-corrected chi connectivity index (χ0v) is 18.7. The Morgan fingerprint density at radius 2 is 1.88 bits per heavy atom. The number of ether oxygens (including phenoxy) is 2. The Bertz CT molecular complexity index is 982. The molecule has 0 saturated carbocycles. The van der Waals surface area contributed by atoms with Crippen molar-refractivity contribution in [2.75, 3.05) is 25.1 Å². The number of aliphatic hydroxyl groups is 1. The average Bonchev–Trinajstić information content (AvgIpc) is 3.24. The lowest BCUT2D eigenvalue weighted by Crippen LogP contribution is -2.36. The largest absolute Gasteiger partial charge is 0.501 e. The van der Waals surface area contributed by atoms with Gasteiger partial charge in [-0.3, -0.25) is 9.59 Å². The minimum absolute atomic E-state index is 0.0234. The van der Waals surface area contributed by atoms with Crippen molar-refractivity contribution in [3.05, 3.63) is 54.6 Å². The number of benzene rings is 1. The summed E-state index contributed by atoms with van der Waals surface area (Å²) in [6.07, 6.45) is -2.07. The highest BCUT2D eigenvalue weighted by molar-refractivity contribution is 7.80. The monoisotopic (exact) mass is 500 g/mol. The number of alkyl halides is 3. The molecule has 1 saturated heterocycles. The van der Waals surface area contributed by atoms with Crippen LogP contribution >= 0.6 is 12.2 Å². The molecule has 0 bridgehead atoms. The highest BCUT2D eigenvalue weighted by atomic mass is 32.1. The second-order valence-corrected chi connectivity index (χ2v) is 7.74. The minimum Gasteiger partial charge on any atom is -0.501 e. The van der Waals surface area contributed by atoms with Gasteiger partial charge in [-0.15, -0.1) is 0 Å². The first kappa shape index (κ1) is 27.0. The molecule has 1 heterocycles. The van der Waals surface area contributed by atoms with Crippen LogP contribution in [-0.4, -0.2) is 53.8 Å². The molecule has 12 heteroatoms. The lowest BCUT2D eigenvalue weighted by molar-refractivity contribution is -0.146. The first-order valence-electron chi connectivity index (χ1n) is 10.0. The zero-order chi connectivity index (χ0) is 25.5. The summed E-state index contributed by atoms with van der Waals surface area (Å²) in [4.78, 5) is 37.3. The van der Waals surface area contributed by atoms with Crippen LogP contribution in [0.3, 0.4) is 0 Å². The summed E-state index contributed by atoms with van der Waals surface area (Å²) in [7, 11) is 0. The van der Waals surface area contributed by atoms with E-state index in [1.807, 2.05) is 0 Å². The van der Waals surface area contributed by atoms with Gasteiger partial charge in [0.1, 0.15) is 19.1 Å².